The zero-order chi connectivity index (χ0) is 42.3. The van der Waals surface area contributed by atoms with Crippen LogP contribution in [0.5, 0.6) is 0 Å². The summed E-state index contributed by atoms with van der Waals surface area (Å²) >= 11 is 6.19. The maximum Gasteiger partial charge on any atom is 0.309 e. The Morgan fingerprint density at radius 2 is 1.54 bits per heavy atom. The summed E-state index contributed by atoms with van der Waals surface area (Å²) in [4.78, 5) is 54.8. The maximum atomic E-state index is 14.3. The van der Waals surface area contributed by atoms with Gasteiger partial charge in [-0.05, 0) is 128 Å². The standard InChI is InChI=1S/C48H70ClNO7/c1-28(2)39-33(51)24-48(36(52)27-50(41(54)29(3)4)26-30-12-14-31(49)15-13-30)23-22-46(10)32(40(39)48)16-17-35-45(9)20-19-37(57-38(53)25-43(5,6)42(55)56)44(7,8)34(45)18-21-47(35,46)11/h12-15,28-29,32,34-37,52H,16-27H2,1-11H3,(H,55,56)/t32-,34+,35-,36+,37+,45+,46-,47-,48+/m1/s1. The Balaban J connectivity index is 1.30. The minimum Gasteiger partial charge on any atom is -0.481 e. The average Bonchev–Trinajstić information content (AvgIpc) is 3.43. The number of fused-ring (bicyclic) bond motifs is 7. The van der Waals surface area contributed by atoms with Gasteiger partial charge in [-0.15, -0.1) is 0 Å². The Morgan fingerprint density at radius 3 is 2.14 bits per heavy atom. The van der Waals surface area contributed by atoms with Crippen LogP contribution in [-0.4, -0.2) is 57.5 Å². The van der Waals surface area contributed by atoms with Crippen LogP contribution in [-0.2, 0) is 30.5 Å². The van der Waals surface area contributed by atoms with Crippen molar-refractivity contribution in [1.29, 1.82) is 0 Å². The fourth-order valence-corrected chi connectivity index (χ4v) is 13.8. The number of aliphatic hydroxyl groups is 1. The molecular formula is C48H70ClNO7. The molecule has 5 aliphatic rings. The van der Waals surface area contributed by atoms with Gasteiger partial charge in [0.05, 0.1) is 17.9 Å². The van der Waals surface area contributed by atoms with Crippen LogP contribution in [0.3, 0.4) is 0 Å². The van der Waals surface area contributed by atoms with E-state index < -0.39 is 28.9 Å². The molecule has 0 bridgehead atoms. The molecule has 0 aliphatic heterocycles. The minimum atomic E-state index is -1.18. The Kier molecular flexibility index (Phi) is 11.6. The lowest BCUT2D eigenvalue weighted by molar-refractivity contribution is -0.235. The lowest BCUT2D eigenvalue weighted by Gasteiger charge is -2.72. The summed E-state index contributed by atoms with van der Waals surface area (Å²) in [6.07, 6.45) is 6.32. The predicted octanol–water partition coefficient (Wildman–Crippen LogP) is 10.1. The van der Waals surface area contributed by atoms with Crippen LogP contribution < -0.4 is 0 Å². The van der Waals surface area contributed by atoms with Gasteiger partial charge in [-0.2, -0.15) is 0 Å². The number of hydrogen-bond donors (Lipinski definition) is 2. The summed E-state index contributed by atoms with van der Waals surface area (Å²) in [5.74, 6) is -0.598. The van der Waals surface area contributed by atoms with E-state index in [2.05, 4.69) is 48.5 Å². The molecule has 0 aromatic heterocycles. The van der Waals surface area contributed by atoms with Crippen LogP contribution in [0.2, 0.25) is 5.02 Å². The Morgan fingerprint density at radius 1 is 0.895 bits per heavy atom. The fourth-order valence-electron chi connectivity index (χ4n) is 13.7. The van der Waals surface area contributed by atoms with Crippen LogP contribution in [0.1, 0.15) is 146 Å². The van der Waals surface area contributed by atoms with E-state index in [0.29, 0.717) is 36.2 Å². The normalized spacial score (nSPS) is 35.2. The summed E-state index contributed by atoms with van der Waals surface area (Å²) in [6.45, 7) is 23.7. The van der Waals surface area contributed by atoms with Gasteiger partial charge in [0.15, 0.2) is 5.78 Å². The lowest BCUT2D eigenvalue weighted by Crippen LogP contribution is -2.66. The SMILES string of the molecule is CC(C)C(=O)N(Cc1ccc(Cl)cc1)C[C@H](O)[C@@]12CC[C@]3(C)[C@H](CC[C@@H]4[C@@]5(C)CC[C@H](OC(=O)CC(C)(C)C(=O)O)C(C)(C)[C@@H]5CC[C@]43C)C1=C(C(C)C)C(=O)C2. The van der Waals surface area contributed by atoms with Crippen molar-refractivity contribution in [2.75, 3.05) is 6.54 Å². The highest BCUT2D eigenvalue weighted by atomic mass is 35.5. The number of hydrogen-bond acceptors (Lipinski definition) is 6. The highest BCUT2D eigenvalue weighted by Gasteiger charge is 2.71. The monoisotopic (exact) mass is 807 g/mol. The Labute approximate surface area is 346 Å². The molecular weight excluding hydrogens is 738 g/mol. The van der Waals surface area contributed by atoms with Gasteiger partial charge in [-0.1, -0.05) is 91.6 Å². The molecule has 8 nitrogen and oxygen atoms in total. The second-order valence-corrected chi connectivity index (χ2v) is 22.0. The highest BCUT2D eigenvalue weighted by molar-refractivity contribution is 6.30. The van der Waals surface area contributed by atoms with Gasteiger partial charge in [0.1, 0.15) is 6.10 Å². The highest BCUT2D eigenvalue weighted by Crippen LogP contribution is 2.77. The third-order valence-electron chi connectivity index (χ3n) is 17.0. The topological polar surface area (TPSA) is 121 Å². The van der Waals surface area contributed by atoms with E-state index in [9.17, 15) is 29.4 Å². The van der Waals surface area contributed by atoms with Crippen molar-refractivity contribution in [3.8, 4) is 0 Å². The molecule has 0 radical (unpaired) electrons. The molecule has 9 atom stereocenters. The van der Waals surface area contributed by atoms with Gasteiger partial charge in [0.25, 0.3) is 0 Å². The van der Waals surface area contributed by atoms with Crippen molar-refractivity contribution in [2.45, 2.75) is 159 Å². The number of halogens is 1. The third kappa shape index (κ3) is 7.12. The fraction of sp³-hybridized carbons (Fsp3) is 0.750. The van der Waals surface area contributed by atoms with Gasteiger partial charge in [0, 0.05) is 41.3 Å². The van der Waals surface area contributed by atoms with Crippen molar-refractivity contribution in [3.05, 3.63) is 46.0 Å². The van der Waals surface area contributed by atoms with Gasteiger partial charge in [-0.3, -0.25) is 19.2 Å². The molecule has 6 rings (SSSR count). The second-order valence-electron chi connectivity index (χ2n) is 21.6. The number of Topliss-reactive ketones (excluding diaryl/α,β-unsaturated/α-hetero) is 1. The number of carboxylic acids is 1. The van der Waals surface area contributed by atoms with E-state index in [1.54, 1.807) is 18.7 Å². The van der Waals surface area contributed by atoms with Crippen molar-refractivity contribution < 1.29 is 34.1 Å². The molecule has 4 saturated carbocycles. The zero-order valence-electron chi connectivity index (χ0n) is 36.6. The largest absolute Gasteiger partial charge is 0.481 e. The molecule has 57 heavy (non-hydrogen) atoms. The number of allylic oxidation sites excluding steroid dienone is 1. The quantitative estimate of drug-likeness (QED) is 0.214. The molecule has 5 aliphatic carbocycles. The predicted molar refractivity (Wildman–Crippen MR) is 223 cm³/mol. The molecule has 0 heterocycles. The van der Waals surface area contributed by atoms with Crippen molar-refractivity contribution >= 4 is 35.2 Å². The number of aliphatic hydroxyl groups excluding tert-OH is 1. The van der Waals surface area contributed by atoms with E-state index in [-0.39, 0.29) is 70.2 Å². The summed E-state index contributed by atoms with van der Waals surface area (Å²) < 4.78 is 6.18. The molecule has 316 valence electrons. The molecule has 1 aromatic carbocycles. The van der Waals surface area contributed by atoms with Crippen molar-refractivity contribution in [1.82, 2.24) is 4.90 Å². The number of esters is 1. The van der Waals surface area contributed by atoms with Crippen molar-refractivity contribution in [3.63, 3.8) is 0 Å². The van der Waals surface area contributed by atoms with Crippen LogP contribution in [0, 0.1) is 62.1 Å². The smallest absolute Gasteiger partial charge is 0.309 e. The second kappa shape index (κ2) is 15.1. The molecule has 0 unspecified atom stereocenters. The van der Waals surface area contributed by atoms with Crippen LogP contribution >= 0.6 is 11.6 Å². The molecule has 0 saturated heterocycles. The number of benzene rings is 1. The molecule has 4 fully saturated rings. The zero-order valence-corrected chi connectivity index (χ0v) is 37.4. The number of amides is 1. The number of carbonyl (C=O) groups excluding carboxylic acids is 3. The average molecular weight is 809 g/mol. The first-order chi connectivity index (χ1) is 26.4. The van der Waals surface area contributed by atoms with E-state index in [4.69, 9.17) is 16.3 Å². The molecule has 0 spiro atoms. The molecule has 1 aromatic rings. The number of ketones is 1. The molecule has 9 heteroatoms. The third-order valence-corrected chi connectivity index (χ3v) is 17.2. The number of ether oxygens (including phenoxy) is 1. The van der Waals surface area contributed by atoms with E-state index in [1.165, 1.54) is 5.57 Å². The number of nitrogens with zero attached hydrogens (tertiary/aromatic N) is 1. The minimum absolute atomic E-state index is 0.0155. The van der Waals surface area contributed by atoms with Crippen molar-refractivity contribution in [2.24, 2.45) is 62.1 Å². The van der Waals surface area contributed by atoms with E-state index >= 15 is 0 Å². The summed E-state index contributed by atoms with van der Waals surface area (Å²) in [6, 6.07) is 7.52. The van der Waals surface area contributed by atoms with Crippen LogP contribution in [0.15, 0.2) is 35.4 Å². The van der Waals surface area contributed by atoms with Gasteiger partial charge in [0.2, 0.25) is 5.91 Å². The summed E-state index contributed by atoms with van der Waals surface area (Å²) in [5.41, 5.74) is 0.788. The first kappa shape index (κ1) is 43.9. The van der Waals surface area contributed by atoms with E-state index in [0.717, 1.165) is 56.1 Å². The first-order valence-electron chi connectivity index (χ1n) is 21.8. The Bertz CT molecular complexity index is 1800. The van der Waals surface area contributed by atoms with Gasteiger partial charge < -0.3 is 19.8 Å². The van der Waals surface area contributed by atoms with Crippen LogP contribution in [0.25, 0.3) is 0 Å². The number of rotatable bonds is 11. The van der Waals surface area contributed by atoms with Gasteiger partial charge >= 0.3 is 11.9 Å². The number of aliphatic carboxylic acids is 1. The van der Waals surface area contributed by atoms with Crippen LogP contribution in [0.4, 0.5) is 0 Å². The maximum absolute atomic E-state index is 14.3. The van der Waals surface area contributed by atoms with Gasteiger partial charge in [-0.25, -0.2) is 0 Å². The molecule has 2 N–H and O–H groups in total. The first-order valence-corrected chi connectivity index (χ1v) is 22.2. The lowest BCUT2D eigenvalue weighted by atomic mass is 9.33. The summed E-state index contributed by atoms with van der Waals surface area (Å²) in [7, 11) is 0. The van der Waals surface area contributed by atoms with E-state index in [1.807, 2.05) is 38.1 Å². The summed E-state index contributed by atoms with van der Waals surface area (Å²) in [5, 5.41) is 22.9. The number of carboxylic acid groups (broad SMARTS) is 1. The molecule has 1 amide bonds. The Hall–Kier alpha value is -2.71. The number of carbonyl (C=O) groups is 4.